The molecule has 0 radical (unpaired) electrons. The van der Waals surface area contributed by atoms with E-state index in [9.17, 15) is 9.59 Å². The van der Waals surface area contributed by atoms with E-state index in [1.165, 1.54) is 32.4 Å². The zero-order valence-electron chi connectivity index (χ0n) is 9.40. The minimum absolute atomic E-state index is 0.331. The van der Waals surface area contributed by atoms with Crippen LogP contribution in [0.5, 0.6) is 0 Å². The summed E-state index contributed by atoms with van der Waals surface area (Å²) >= 11 is 5.81. The Kier molecular flexibility index (Phi) is 4.72. The van der Waals surface area contributed by atoms with Crippen molar-refractivity contribution in [3.05, 3.63) is 40.4 Å². The summed E-state index contributed by atoms with van der Waals surface area (Å²) < 4.78 is 9.07. The van der Waals surface area contributed by atoms with E-state index < -0.39 is 11.9 Å². The number of halogens is 1. The summed E-state index contributed by atoms with van der Waals surface area (Å²) in [5, 5.41) is 0.460. The minimum Gasteiger partial charge on any atom is -0.466 e. The number of carbonyl (C=O) groups excluding carboxylic acids is 2. The SMILES string of the molecule is COC(=O)/C=C/c1cc(Cl)ccc1C(=O)OC. The average Bonchev–Trinajstić information content (AvgIpc) is 2.35. The number of hydrogen-bond acceptors (Lipinski definition) is 4. The number of benzene rings is 1. The number of ether oxygens (including phenoxy) is 2. The lowest BCUT2D eigenvalue weighted by atomic mass is 10.1. The summed E-state index contributed by atoms with van der Waals surface area (Å²) in [6.45, 7) is 0. The molecule has 1 aromatic rings. The van der Waals surface area contributed by atoms with E-state index in [2.05, 4.69) is 9.47 Å². The van der Waals surface area contributed by atoms with Crippen molar-refractivity contribution >= 4 is 29.6 Å². The van der Waals surface area contributed by atoms with Crippen LogP contribution in [0.25, 0.3) is 6.08 Å². The van der Waals surface area contributed by atoms with Gasteiger partial charge in [-0.2, -0.15) is 0 Å². The first-order valence-electron chi connectivity index (χ1n) is 4.72. The van der Waals surface area contributed by atoms with Crippen molar-refractivity contribution in [2.24, 2.45) is 0 Å². The van der Waals surface area contributed by atoms with Gasteiger partial charge in [-0.3, -0.25) is 0 Å². The molecule has 0 fully saturated rings. The van der Waals surface area contributed by atoms with Crippen molar-refractivity contribution in [2.45, 2.75) is 0 Å². The fourth-order valence-corrected chi connectivity index (χ4v) is 1.37. The van der Waals surface area contributed by atoms with Crippen molar-refractivity contribution in [1.82, 2.24) is 0 Å². The van der Waals surface area contributed by atoms with Gasteiger partial charge < -0.3 is 9.47 Å². The van der Waals surface area contributed by atoms with Crippen molar-refractivity contribution in [1.29, 1.82) is 0 Å². The number of carbonyl (C=O) groups is 2. The first kappa shape index (κ1) is 13.3. The topological polar surface area (TPSA) is 52.6 Å². The Morgan fingerprint density at radius 2 is 1.94 bits per heavy atom. The molecule has 0 amide bonds. The van der Waals surface area contributed by atoms with Gasteiger partial charge in [-0.05, 0) is 29.8 Å². The smallest absolute Gasteiger partial charge is 0.338 e. The molecule has 5 heteroatoms. The zero-order valence-corrected chi connectivity index (χ0v) is 10.2. The second-order valence-electron chi connectivity index (χ2n) is 3.08. The monoisotopic (exact) mass is 254 g/mol. The predicted molar refractivity (Wildman–Crippen MR) is 63.8 cm³/mol. The van der Waals surface area contributed by atoms with Crippen molar-refractivity contribution in [3.63, 3.8) is 0 Å². The Morgan fingerprint density at radius 1 is 1.24 bits per heavy atom. The van der Waals surface area contributed by atoms with Crippen LogP contribution >= 0.6 is 11.6 Å². The molecule has 0 N–H and O–H groups in total. The van der Waals surface area contributed by atoms with Crippen LogP contribution in [-0.4, -0.2) is 26.2 Å². The van der Waals surface area contributed by atoms with Crippen LogP contribution in [0, 0.1) is 0 Å². The van der Waals surface area contributed by atoms with Gasteiger partial charge in [0.15, 0.2) is 0 Å². The number of rotatable bonds is 3. The van der Waals surface area contributed by atoms with Gasteiger partial charge >= 0.3 is 11.9 Å². The molecule has 1 aromatic carbocycles. The quantitative estimate of drug-likeness (QED) is 0.614. The molecule has 4 nitrogen and oxygen atoms in total. The lowest BCUT2D eigenvalue weighted by Gasteiger charge is -2.04. The summed E-state index contributed by atoms with van der Waals surface area (Å²) in [7, 11) is 2.55. The zero-order chi connectivity index (χ0) is 12.8. The molecule has 0 aliphatic heterocycles. The highest BCUT2D eigenvalue weighted by Crippen LogP contribution is 2.18. The highest BCUT2D eigenvalue weighted by molar-refractivity contribution is 6.30. The minimum atomic E-state index is -0.513. The molecular weight excluding hydrogens is 244 g/mol. The van der Waals surface area contributed by atoms with Gasteiger partial charge in [-0.15, -0.1) is 0 Å². The summed E-state index contributed by atoms with van der Waals surface area (Å²) in [5.74, 6) is -1.01. The van der Waals surface area contributed by atoms with Gasteiger partial charge in [0.05, 0.1) is 19.8 Å². The standard InChI is InChI=1S/C12H11ClO4/c1-16-11(14)6-3-8-7-9(13)4-5-10(8)12(15)17-2/h3-7H,1-2H3/b6-3+. The third kappa shape index (κ3) is 3.60. The van der Waals surface area contributed by atoms with Crippen molar-refractivity contribution in [3.8, 4) is 0 Å². The molecule has 90 valence electrons. The molecule has 1 rings (SSSR count). The maximum atomic E-state index is 11.4. The molecule has 0 aliphatic carbocycles. The number of esters is 2. The highest BCUT2D eigenvalue weighted by atomic mass is 35.5. The normalized spacial score (nSPS) is 10.3. The van der Waals surface area contributed by atoms with E-state index in [1.807, 2.05) is 0 Å². The van der Waals surface area contributed by atoms with E-state index in [0.717, 1.165) is 0 Å². The third-order valence-electron chi connectivity index (χ3n) is 2.02. The molecule has 0 aromatic heterocycles. The molecule has 0 heterocycles. The fraction of sp³-hybridized carbons (Fsp3) is 0.167. The van der Waals surface area contributed by atoms with Crippen molar-refractivity contribution < 1.29 is 19.1 Å². The third-order valence-corrected chi connectivity index (χ3v) is 2.25. The average molecular weight is 255 g/mol. The van der Waals surface area contributed by atoms with Crippen LogP contribution in [0.1, 0.15) is 15.9 Å². The predicted octanol–water partition coefficient (Wildman–Crippen LogP) is 2.31. The van der Waals surface area contributed by atoms with Crippen LogP contribution in [0.2, 0.25) is 5.02 Å². The Bertz CT molecular complexity index is 466. The summed E-state index contributed by atoms with van der Waals surface area (Å²) in [5.41, 5.74) is 0.826. The van der Waals surface area contributed by atoms with Crippen LogP contribution in [-0.2, 0) is 14.3 Å². The largest absolute Gasteiger partial charge is 0.466 e. The fourth-order valence-electron chi connectivity index (χ4n) is 1.19. The Morgan fingerprint density at radius 3 is 2.53 bits per heavy atom. The Labute approximate surface area is 104 Å². The molecule has 0 unspecified atom stereocenters. The number of hydrogen-bond donors (Lipinski definition) is 0. The second-order valence-corrected chi connectivity index (χ2v) is 3.52. The summed E-state index contributed by atoms with van der Waals surface area (Å²) in [6, 6.07) is 4.67. The van der Waals surface area contributed by atoms with E-state index in [1.54, 1.807) is 12.1 Å². The highest BCUT2D eigenvalue weighted by Gasteiger charge is 2.10. The molecule has 0 saturated carbocycles. The van der Waals surface area contributed by atoms with E-state index in [4.69, 9.17) is 11.6 Å². The molecule has 0 aliphatic rings. The molecule has 0 saturated heterocycles. The van der Waals surface area contributed by atoms with Gasteiger partial charge in [-0.1, -0.05) is 11.6 Å². The lowest BCUT2D eigenvalue weighted by Crippen LogP contribution is -2.03. The van der Waals surface area contributed by atoms with Crippen LogP contribution < -0.4 is 0 Å². The van der Waals surface area contributed by atoms with Gasteiger partial charge in [0, 0.05) is 11.1 Å². The maximum Gasteiger partial charge on any atom is 0.338 e. The van der Waals surface area contributed by atoms with Gasteiger partial charge in [0.1, 0.15) is 0 Å². The molecule has 0 atom stereocenters. The first-order chi connectivity index (χ1) is 8.08. The maximum absolute atomic E-state index is 11.4. The Balaban J connectivity index is 3.11. The van der Waals surface area contributed by atoms with Crippen LogP contribution in [0.4, 0.5) is 0 Å². The van der Waals surface area contributed by atoms with E-state index in [-0.39, 0.29) is 0 Å². The molecule has 0 bridgehead atoms. The number of methoxy groups -OCH3 is 2. The first-order valence-corrected chi connectivity index (χ1v) is 5.10. The second kappa shape index (κ2) is 6.06. The molecule has 0 spiro atoms. The Hall–Kier alpha value is -1.81. The van der Waals surface area contributed by atoms with E-state index >= 15 is 0 Å². The van der Waals surface area contributed by atoms with Crippen molar-refractivity contribution in [2.75, 3.05) is 14.2 Å². The summed E-state index contributed by atoms with van der Waals surface area (Å²) in [4.78, 5) is 22.4. The van der Waals surface area contributed by atoms with Gasteiger partial charge in [0.25, 0.3) is 0 Å². The van der Waals surface area contributed by atoms with E-state index in [0.29, 0.717) is 16.1 Å². The molecular formula is C12H11ClO4. The lowest BCUT2D eigenvalue weighted by molar-refractivity contribution is -0.134. The van der Waals surface area contributed by atoms with Crippen LogP contribution in [0.15, 0.2) is 24.3 Å². The van der Waals surface area contributed by atoms with Gasteiger partial charge in [0.2, 0.25) is 0 Å². The molecule has 17 heavy (non-hydrogen) atoms. The summed E-state index contributed by atoms with van der Waals surface area (Å²) in [6.07, 6.45) is 2.65. The van der Waals surface area contributed by atoms with Gasteiger partial charge in [-0.25, -0.2) is 9.59 Å². The van der Waals surface area contributed by atoms with Crippen LogP contribution in [0.3, 0.4) is 0 Å².